The minimum Gasteiger partial charge on any atom is -0.306 e. The first-order valence-corrected chi connectivity index (χ1v) is 8.52. The van der Waals surface area contributed by atoms with E-state index in [0.29, 0.717) is 17.5 Å². The van der Waals surface area contributed by atoms with Gasteiger partial charge in [-0.05, 0) is 33.0 Å². The van der Waals surface area contributed by atoms with E-state index in [9.17, 15) is 8.42 Å². The van der Waals surface area contributed by atoms with Crippen LogP contribution in [0.3, 0.4) is 0 Å². The largest absolute Gasteiger partial charge is 0.306 e. The Balaban J connectivity index is 0.000000686. The van der Waals surface area contributed by atoms with Crippen molar-refractivity contribution in [1.29, 1.82) is 0 Å². The zero-order chi connectivity index (χ0) is 12.9. The maximum atomic E-state index is 11.3. The molecule has 2 aliphatic rings. The zero-order valence-corrected chi connectivity index (χ0v) is 12.2. The molecule has 2 rings (SSSR count). The third-order valence-corrected chi connectivity index (χ3v) is 5.19. The molecule has 0 radical (unpaired) electrons. The predicted octanol–water partition coefficient (Wildman–Crippen LogP) is 0.837. The van der Waals surface area contributed by atoms with Gasteiger partial charge in [0.15, 0.2) is 9.84 Å². The molecule has 0 unspecified atom stereocenters. The Hall–Kier alpha value is -0.130. The average Bonchev–Trinajstić information content (AvgIpc) is 2.33. The highest BCUT2D eigenvalue weighted by Gasteiger charge is 2.28. The minimum atomic E-state index is -2.72. The second-order valence-corrected chi connectivity index (χ2v) is 7.03. The van der Waals surface area contributed by atoms with E-state index in [1.165, 1.54) is 12.8 Å². The Morgan fingerprint density at radius 2 is 1.41 bits per heavy atom. The van der Waals surface area contributed by atoms with Crippen molar-refractivity contribution in [3.05, 3.63) is 0 Å². The summed E-state index contributed by atoms with van der Waals surface area (Å²) in [5.41, 5.74) is 0. The van der Waals surface area contributed by atoms with Gasteiger partial charge < -0.3 is 4.90 Å². The zero-order valence-electron chi connectivity index (χ0n) is 11.4. The van der Waals surface area contributed by atoms with Gasteiger partial charge in [0, 0.05) is 19.1 Å². The van der Waals surface area contributed by atoms with Crippen molar-refractivity contribution in [2.24, 2.45) is 0 Å². The van der Waals surface area contributed by atoms with E-state index in [1.807, 2.05) is 13.8 Å². The Morgan fingerprint density at radius 1 is 0.941 bits per heavy atom. The summed E-state index contributed by atoms with van der Waals surface area (Å²) >= 11 is 0. The van der Waals surface area contributed by atoms with Crippen LogP contribution in [-0.2, 0) is 9.84 Å². The fourth-order valence-electron chi connectivity index (χ4n) is 2.45. The summed E-state index contributed by atoms with van der Waals surface area (Å²) in [7, 11) is -0.568. The van der Waals surface area contributed by atoms with Crippen LogP contribution in [-0.4, -0.2) is 69.0 Å². The van der Waals surface area contributed by atoms with Gasteiger partial charge in [0.25, 0.3) is 0 Å². The highest BCUT2D eigenvalue weighted by atomic mass is 32.2. The summed E-state index contributed by atoms with van der Waals surface area (Å²) in [6, 6.07) is 0.622. The molecule has 0 aromatic heterocycles. The standard InChI is InChI=1S/C10H20N2O2S.C2H6/c1-11-4-2-10(3-5-11)12-6-8-15(13,14)9-7-12;1-2/h10H,2-9H2,1H3;1-2H3. The molecule has 2 fully saturated rings. The summed E-state index contributed by atoms with van der Waals surface area (Å²) in [5, 5.41) is 0. The first kappa shape index (κ1) is 14.9. The lowest BCUT2D eigenvalue weighted by Crippen LogP contribution is -2.49. The van der Waals surface area contributed by atoms with E-state index >= 15 is 0 Å². The number of nitrogens with zero attached hydrogens (tertiary/aromatic N) is 2. The number of likely N-dealkylation sites (tertiary alicyclic amines) is 1. The summed E-state index contributed by atoms with van der Waals surface area (Å²) in [6.07, 6.45) is 2.38. The molecule has 2 heterocycles. The van der Waals surface area contributed by atoms with Crippen molar-refractivity contribution >= 4 is 9.84 Å². The van der Waals surface area contributed by atoms with E-state index in [0.717, 1.165) is 26.2 Å². The second kappa shape index (κ2) is 6.71. The van der Waals surface area contributed by atoms with E-state index in [-0.39, 0.29) is 0 Å². The van der Waals surface area contributed by atoms with Crippen LogP contribution >= 0.6 is 0 Å². The van der Waals surface area contributed by atoms with E-state index < -0.39 is 9.84 Å². The Bertz CT molecular complexity index is 294. The van der Waals surface area contributed by atoms with Crippen LogP contribution in [0.15, 0.2) is 0 Å². The summed E-state index contributed by atoms with van der Waals surface area (Å²) < 4.78 is 22.6. The molecule has 0 atom stereocenters. The van der Waals surface area contributed by atoms with Crippen molar-refractivity contribution in [3.8, 4) is 0 Å². The Kier molecular flexibility index (Phi) is 5.89. The van der Waals surface area contributed by atoms with E-state index in [2.05, 4.69) is 16.8 Å². The van der Waals surface area contributed by atoms with Crippen molar-refractivity contribution in [3.63, 3.8) is 0 Å². The van der Waals surface area contributed by atoms with Crippen molar-refractivity contribution in [1.82, 2.24) is 9.80 Å². The van der Waals surface area contributed by atoms with Crippen molar-refractivity contribution in [2.45, 2.75) is 32.7 Å². The first-order valence-electron chi connectivity index (χ1n) is 6.70. The first-order chi connectivity index (χ1) is 8.07. The minimum absolute atomic E-state index is 0.360. The highest BCUT2D eigenvalue weighted by molar-refractivity contribution is 7.91. The molecule has 0 bridgehead atoms. The molecule has 5 heteroatoms. The number of piperidine rings is 1. The van der Waals surface area contributed by atoms with Crippen molar-refractivity contribution in [2.75, 3.05) is 44.7 Å². The maximum Gasteiger partial charge on any atom is 0.152 e. The lowest BCUT2D eigenvalue weighted by Gasteiger charge is -2.38. The van der Waals surface area contributed by atoms with Crippen LogP contribution in [0.5, 0.6) is 0 Å². The smallest absolute Gasteiger partial charge is 0.152 e. The van der Waals surface area contributed by atoms with Gasteiger partial charge in [-0.1, -0.05) is 13.8 Å². The van der Waals surface area contributed by atoms with Crippen LogP contribution in [0.1, 0.15) is 26.7 Å². The van der Waals surface area contributed by atoms with Gasteiger partial charge in [0.05, 0.1) is 11.5 Å². The van der Waals surface area contributed by atoms with Crippen LogP contribution < -0.4 is 0 Å². The highest BCUT2D eigenvalue weighted by Crippen LogP contribution is 2.17. The van der Waals surface area contributed by atoms with Crippen LogP contribution in [0.25, 0.3) is 0 Å². The molecule has 17 heavy (non-hydrogen) atoms. The fraction of sp³-hybridized carbons (Fsp3) is 1.00. The molecule has 0 amide bonds. The number of hydrogen-bond donors (Lipinski definition) is 0. The van der Waals surface area contributed by atoms with Crippen LogP contribution in [0.2, 0.25) is 0 Å². The third-order valence-electron chi connectivity index (χ3n) is 3.58. The molecule has 0 saturated carbocycles. The molecule has 0 aliphatic carbocycles. The molecule has 0 aromatic rings. The lowest BCUT2D eigenvalue weighted by molar-refractivity contribution is 0.129. The Labute approximate surface area is 106 Å². The van der Waals surface area contributed by atoms with Crippen molar-refractivity contribution < 1.29 is 8.42 Å². The lowest BCUT2D eigenvalue weighted by atomic mass is 10.0. The maximum absolute atomic E-state index is 11.3. The monoisotopic (exact) mass is 262 g/mol. The fourth-order valence-corrected chi connectivity index (χ4v) is 3.68. The van der Waals surface area contributed by atoms with Gasteiger partial charge in [-0.15, -0.1) is 0 Å². The molecule has 2 aliphatic heterocycles. The van der Waals surface area contributed by atoms with Crippen LogP contribution in [0, 0.1) is 0 Å². The van der Waals surface area contributed by atoms with Gasteiger partial charge in [-0.2, -0.15) is 0 Å². The molecule has 2 saturated heterocycles. The third kappa shape index (κ3) is 4.56. The SMILES string of the molecule is CC.CN1CCC(N2CCS(=O)(=O)CC2)CC1. The molecule has 0 aromatic carbocycles. The molecule has 102 valence electrons. The predicted molar refractivity (Wildman–Crippen MR) is 72.1 cm³/mol. The average molecular weight is 262 g/mol. The second-order valence-electron chi connectivity index (χ2n) is 4.72. The quantitative estimate of drug-likeness (QED) is 0.702. The Morgan fingerprint density at radius 3 is 1.88 bits per heavy atom. The van der Waals surface area contributed by atoms with E-state index in [4.69, 9.17) is 0 Å². The number of sulfone groups is 1. The topological polar surface area (TPSA) is 40.6 Å². The normalized spacial score (nSPS) is 27.2. The number of rotatable bonds is 1. The van der Waals surface area contributed by atoms with Gasteiger partial charge in [-0.3, -0.25) is 4.90 Å². The van der Waals surface area contributed by atoms with E-state index in [1.54, 1.807) is 0 Å². The molecule has 4 nitrogen and oxygen atoms in total. The molecule has 0 spiro atoms. The summed E-state index contributed by atoms with van der Waals surface area (Å²) in [5.74, 6) is 0.721. The summed E-state index contributed by atoms with van der Waals surface area (Å²) in [6.45, 7) is 7.79. The van der Waals surface area contributed by atoms with Gasteiger partial charge in [0.1, 0.15) is 0 Å². The number of hydrogen-bond acceptors (Lipinski definition) is 4. The molecule has 0 N–H and O–H groups in total. The molecular formula is C12H26N2O2S. The van der Waals surface area contributed by atoms with Crippen LogP contribution in [0.4, 0.5) is 0 Å². The van der Waals surface area contributed by atoms with Gasteiger partial charge in [0.2, 0.25) is 0 Å². The van der Waals surface area contributed by atoms with Gasteiger partial charge >= 0.3 is 0 Å². The molecular weight excluding hydrogens is 236 g/mol. The summed E-state index contributed by atoms with van der Waals surface area (Å²) in [4.78, 5) is 4.71. The van der Waals surface area contributed by atoms with Gasteiger partial charge in [-0.25, -0.2) is 8.42 Å².